The average molecular weight is 335 g/mol. The number of thioether (sulfide) groups is 1. The molecule has 2 saturated carbocycles. The molecule has 3 nitrogen and oxygen atoms in total. The summed E-state index contributed by atoms with van der Waals surface area (Å²) in [6.07, 6.45) is 5.46. The van der Waals surface area contributed by atoms with Gasteiger partial charge >= 0.3 is 0 Å². The molecule has 0 aromatic carbocycles. The minimum Gasteiger partial charge on any atom is -0.385 e. The highest BCUT2D eigenvalue weighted by Crippen LogP contribution is 2.50. The van der Waals surface area contributed by atoms with Crippen LogP contribution < -0.4 is 5.73 Å². The summed E-state index contributed by atoms with van der Waals surface area (Å²) < 4.78 is 14.0. The maximum absolute atomic E-state index is 14.0. The lowest BCUT2D eigenvalue weighted by Gasteiger charge is -2.46. The minimum atomic E-state index is -1.17. The first-order chi connectivity index (χ1) is 9.96. The van der Waals surface area contributed by atoms with Crippen LogP contribution in [0.2, 0.25) is 0 Å². The van der Waals surface area contributed by atoms with Gasteiger partial charge in [-0.1, -0.05) is 0 Å². The van der Waals surface area contributed by atoms with E-state index in [1.165, 1.54) is 0 Å². The van der Waals surface area contributed by atoms with Gasteiger partial charge in [-0.2, -0.15) is 11.8 Å². The van der Waals surface area contributed by atoms with Gasteiger partial charge in [-0.25, -0.2) is 4.39 Å². The molecule has 2 aliphatic carbocycles. The lowest BCUT2D eigenvalue weighted by Crippen LogP contribution is -2.59. The summed E-state index contributed by atoms with van der Waals surface area (Å²) in [4.78, 5) is 4.52. The molecular weight excluding hydrogens is 311 g/mol. The van der Waals surface area contributed by atoms with E-state index in [2.05, 4.69) is 4.99 Å². The first kappa shape index (κ1) is 15.9. The molecule has 3 aliphatic rings. The maximum Gasteiger partial charge on any atom is 0.130 e. The monoisotopic (exact) mass is 334 g/mol. The van der Waals surface area contributed by atoms with Gasteiger partial charge in [0.1, 0.15) is 17.6 Å². The summed E-state index contributed by atoms with van der Waals surface area (Å²) in [5.41, 5.74) is 4.97. The zero-order valence-electron chi connectivity index (χ0n) is 12.3. The molecule has 0 radical (unpaired) electrons. The smallest absolute Gasteiger partial charge is 0.130 e. The van der Waals surface area contributed by atoms with E-state index in [1.54, 1.807) is 11.8 Å². The van der Waals surface area contributed by atoms with Crippen molar-refractivity contribution in [2.45, 2.75) is 67.0 Å². The Kier molecular flexibility index (Phi) is 4.46. The summed E-state index contributed by atoms with van der Waals surface area (Å²) in [6, 6.07) is 0.0625. The number of amidine groups is 1. The number of aliphatic hydroxyl groups is 1. The van der Waals surface area contributed by atoms with Crippen LogP contribution in [0.1, 0.15) is 38.5 Å². The summed E-state index contributed by atoms with van der Waals surface area (Å²) in [6.45, 7) is 0. The number of fused-ring (bicyclic) bond motifs is 1. The lowest BCUT2D eigenvalue weighted by atomic mass is 9.65. The molecule has 7 unspecified atom stereocenters. The number of rotatable bonds is 2. The Morgan fingerprint density at radius 1 is 1.29 bits per heavy atom. The quantitative estimate of drug-likeness (QED) is 0.763. The molecule has 2 fully saturated rings. The van der Waals surface area contributed by atoms with Crippen molar-refractivity contribution in [1.82, 2.24) is 0 Å². The minimum absolute atomic E-state index is 0.0429. The van der Waals surface area contributed by atoms with Crippen LogP contribution in [0, 0.1) is 11.8 Å². The van der Waals surface area contributed by atoms with Gasteiger partial charge in [-0.05, 0) is 44.8 Å². The molecule has 120 valence electrons. The second kappa shape index (κ2) is 5.89. The first-order valence-electron chi connectivity index (χ1n) is 7.83. The zero-order valence-corrected chi connectivity index (χ0v) is 13.9. The van der Waals surface area contributed by atoms with E-state index in [-0.39, 0.29) is 28.5 Å². The fraction of sp³-hybridized carbons (Fsp3) is 0.933. The molecule has 0 saturated heterocycles. The van der Waals surface area contributed by atoms with Crippen LogP contribution in [0.25, 0.3) is 0 Å². The number of halogens is 2. The van der Waals surface area contributed by atoms with Gasteiger partial charge in [0.15, 0.2) is 0 Å². The predicted molar refractivity (Wildman–Crippen MR) is 86.9 cm³/mol. The molecule has 0 spiro atoms. The third kappa shape index (κ3) is 2.59. The highest BCUT2D eigenvalue weighted by molar-refractivity contribution is 7.99. The van der Waals surface area contributed by atoms with Crippen molar-refractivity contribution < 1.29 is 9.50 Å². The largest absolute Gasteiger partial charge is 0.385 e. The topological polar surface area (TPSA) is 58.6 Å². The second-order valence-electron chi connectivity index (χ2n) is 6.71. The molecule has 21 heavy (non-hydrogen) atoms. The van der Waals surface area contributed by atoms with Crippen LogP contribution in [0.4, 0.5) is 4.39 Å². The molecule has 1 heterocycles. The second-order valence-corrected chi connectivity index (χ2v) is 8.41. The predicted octanol–water partition coefficient (Wildman–Crippen LogP) is 2.73. The molecule has 0 aromatic rings. The molecule has 1 aliphatic heterocycles. The average Bonchev–Trinajstić information content (AvgIpc) is 2.72. The summed E-state index contributed by atoms with van der Waals surface area (Å²) in [5.74, 6) is 0.122. The molecule has 3 rings (SSSR count). The van der Waals surface area contributed by atoms with Gasteiger partial charge in [-0.15, -0.1) is 11.6 Å². The van der Waals surface area contributed by atoms with Crippen LogP contribution in [0.5, 0.6) is 0 Å². The lowest BCUT2D eigenvalue weighted by molar-refractivity contribution is -0.0368. The van der Waals surface area contributed by atoms with Crippen molar-refractivity contribution in [3.63, 3.8) is 0 Å². The SMILES string of the molecule is CSC1CCC(F)CC1C1(O)C(N)=NC2CCC(Cl)CC21. The van der Waals surface area contributed by atoms with Crippen molar-refractivity contribution >= 4 is 29.2 Å². The van der Waals surface area contributed by atoms with E-state index < -0.39 is 11.8 Å². The highest BCUT2D eigenvalue weighted by atomic mass is 35.5. The van der Waals surface area contributed by atoms with Crippen LogP contribution in [-0.4, -0.2) is 45.6 Å². The number of alkyl halides is 2. The van der Waals surface area contributed by atoms with Gasteiger partial charge < -0.3 is 10.8 Å². The Morgan fingerprint density at radius 2 is 2.05 bits per heavy atom. The van der Waals surface area contributed by atoms with Crippen LogP contribution in [0.15, 0.2) is 4.99 Å². The van der Waals surface area contributed by atoms with Crippen molar-refractivity contribution in [1.29, 1.82) is 0 Å². The standard InChI is InChI=1S/C15H24ClFN2OS/c1-21-13-5-3-9(17)7-11(13)15(20)10-6-8(16)2-4-12(10)19-14(15)18/h8-13,20H,2-7H2,1H3,(H2,18,19). The van der Waals surface area contributed by atoms with Gasteiger partial charge in [0, 0.05) is 22.5 Å². The fourth-order valence-electron chi connectivity index (χ4n) is 4.50. The molecular formula is C15H24ClFN2OS. The molecule has 6 heteroatoms. The Hall–Kier alpha value is -0.0000000000000000555. The van der Waals surface area contributed by atoms with E-state index in [0.717, 1.165) is 25.7 Å². The third-order valence-electron chi connectivity index (χ3n) is 5.62. The first-order valence-corrected chi connectivity index (χ1v) is 9.56. The summed E-state index contributed by atoms with van der Waals surface area (Å²) >= 11 is 8.03. The van der Waals surface area contributed by atoms with Crippen molar-refractivity contribution in [2.24, 2.45) is 22.6 Å². The molecule has 0 aromatic heterocycles. The van der Waals surface area contributed by atoms with Gasteiger partial charge in [0.2, 0.25) is 0 Å². The molecule has 0 amide bonds. The molecule has 0 bridgehead atoms. The maximum atomic E-state index is 14.0. The number of nitrogens with two attached hydrogens (primary N) is 1. The summed E-state index contributed by atoms with van der Waals surface area (Å²) in [7, 11) is 0. The number of hydrogen-bond donors (Lipinski definition) is 2. The Balaban J connectivity index is 1.91. The number of nitrogens with zero attached hydrogens (tertiary/aromatic N) is 1. The molecule has 7 atom stereocenters. The van der Waals surface area contributed by atoms with Crippen molar-refractivity contribution in [3.8, 4) is 0 Å². The van der Waals surface area contributed by atoms with Gasteiger partial charge in [0.25, 0.3) is 0 Å². The van der Waals surface area contributed by atoms with E-state index in [1.807, 2.05) is 6.26 Å². The van der Waals surface area contributed by atoms with E-state index in [9.17, 15) is 9.50 Å². The Morgan fingerprint density at radius 3 is 2.76 bits per heavy atom. The zero-order chi connectivity index (χ0) is 15.2. The Bertz CT molecular complexity index is 438. The Labute approximate surface area is 134 Å². The van der Waals surface area contributed by atoms with Crippen molar-refractivity contribution in [2.75, 3.05) is 6.26 Å². The van der Waals surface area contributed by atoms with Gasteiger partial charge in [0.05, 0.1) is 6.04 Å². The van der Waals surface area contributed by atoms with Gasteiger partial charge in [-0.3, -0.25) is 4.99 Å². The van der Waals surface area contributed by atoms with E-state index >= 15 is 0 Å². The number of hydrogen-bond acceptors (Lipinski definition) is 4. The molecule has 3 N–H and O–H groups in total. The van der Waals surface area contributed by atoms with Crippen LogP contribution >= 0.6 is 23.4 Å². The van der Waals surface area contributed by atoms with E-state index in [4.69, 9.17) is 17.3 Å². The highest BCUT2D eigenvalue weighted by Gasteiger charge is 2.58. The van der Waals surface area contributed by atoms with Crippen LogP contribution in [-0.2, 0) is 0 Å². The fourth-order valence-corrected chi connectivity index (χ4v) is 5.84. The third-order valence-corrected chi connectivity index (χ3v) is 7.19. The summed E-state index contributed by atoms with van der Waals surface area (Å²) in [5, 5.41) is 11.7. The van der Waals surface area contributed by atoms with Crippen molar-refractivity contribution in [3.05, 3.63) is 0 Å². The van der Waals surface area contributed by atoms with E-state index in [0.29, 0.717) is 18.7 Å². The normalized spacial score (nSPS) is 50.6. The van der Waals surface area contributed by atoms with Crippen LogP contribution in [0.3, 0.4) is 0 Å². The number of aliphatic imine (C=N–C) groups is 1.